The van der Waals surface area contributed by atoms with E-state index < -0.39 is 24.0 Å². The SMILES string of the molecule is CC(C)(C)OC(=O)NC[C@](C)(F)CO. The van der Waals surface area contributed by atoms with E-state index in [-0.39, 0.29) is 6.54 Å². The molecule has 0 aliphatic rings. The Bertz CT molecular complexity index is 199. The van der Waals surface area contributed by atoms with Crippen LogP contribution in [0.25, 0.3) is 0 Å². The Hall–Kier alpha value is -0.840. The van der Waals surface area contributed by atoms with Crippen LogP contribution in [0.2, 0.25) is 0 Å². The summed E-state index contributed by atoms with van der Waals surface area (Å²) in [6, 6.07) is 0. The first-order valence-corrected chi connectivity index (χ1v) is 4.43. The van der Waals surface area contributed by atoms with Gasteiger partial charge in [-0.05, 0) is 27.7 Å². The molecule has 84 valence electrons. The topological polar surface area (TPSA) is 58.6 Å². The van der Waals surface area contributed by atoms with Crippen LogP contribution in [0.1, 0.15) is 27.7 Å². The number of alkyl carbamates (subject to hydrolysis) is 1. The molecule has 0 saturated carbocycles. The number of nitrogens with one attached hydrogen (secondary N) is 1. The highest BCUT2D eigenvalue weighted by molar-refractivity contribution is 5.67. The summed E-state index contributed by atoms with van der Waals surface area (Å²) in [5, 5.41) is 10.8. The molecule has 0 rings (SSSR count). The second-order valence-electron chi connectivity index (χ2n) is 4.43. The van der Waals surface area contributed by atoms with Crippen molar-refractivity contribution in [1.29, 1.82) is 0 Å². The average Bonchev–Trinajstić information content (AvgIpc) is 1.98. The summed E-state index contributed by atoms with van der Waals surface area (Å²) >= 11 is 0. The summed E-state index contributed by atoms with van der Waals surface area (Å²) < 4.78 is 18.0. The van der Waals surface area contributed by atoms with Crippen molar-refractivity contribution in [3.05, 3.63) is 0 Å². The van der Waals surface area contributed by atoms with Crippen molar-refractivity contribution in [2.75, 3.05) is 13.2 Å². The minimum Gasteiger partial charge on any atom is -0.444 e. The zero-order valence-electron chi connectivity index (χ0n) is 9.06. The minimum atomic E-state index is -1.81. The van der Waals surface area contributed by atoms with Crippen molar-refractivity contribution < 1.29 is 19.0 Å². The summed E-state index contributed by atoms with van der Waals surface area (Å²) in [4.78, 5) is 11.0. The molecule has 0 aliphatic carbocycles. The third kappa shape index (κ3) is 6.65. The predicted octanol–water partition coefficient (Wildman–Crippen LogP) is 1.23. The molecule has 0 aromatic rings. The maximum atomic E-state index is 13.1. The smallest absolute Gasteiger partial charge is 0.407 e. The number of amides is 1. The molecule has 0 saturated heterocycles. The van der Waals surface area contributed by atoms with Gasteiger partial charge in [0, 0.05) is 0 Å². The van der Waals surface area contributed by atoms with Crippen LogP contribution in [0.15, 0.2) is 0 Å². The summed E-state index contributed by atoms with van der Waals surface area (Å²) in [6.45, 7) is 5.44. The van der Waals surface area contributed by atoms with Crippen LogP contribution in [0, 0.1) is 0 Å². The van der Waals surface area contributed by atoms with Crippen molar-refractivity contribution in [2.24, 2.45) is 0 Å². The summed E-state index contributed by atoms with van der Waals surface area (Å²) in [5.74, 6) is 0. The van der Waals surface area contributed by atoms with Gasteiger partial charge in [-0.25, -0.2) is 9.18 Å². The van der Waals surface area contributed by atoms with Crippen LogP contribution in [0.3, 0.4) is 0 Å². The minimum absolute atomic E-state index is 0.265. The molecule has 1 amide bonds. The Balaban J connectivity index is 3.87. The van der Waals surface area contributed by atoms with E-state index in [0.717, 1.165) is 0 Å². The van der Waals surface area contributed by atoms with Crippen molar-refractivity contribution in [1.82, 2.24) is 5.32 Å². The molecule has 5 heteroatoms. The zero-order chi connectivity index (χ0) is 11.4. The molecule has 0 aliphatic heterocycles. The van der Waals surface area contributed by atoms with Crippen molar-refractivity contribution in [3.8, 4) is 0 Å². The van der Waals surface area contributed by atoms with Crippen molar-refractivity contribution >= 4 is 6.09 Å². The maximum Gasteiger partial charge on any atom is 0.407 e. The lowest BCUT2D eigenvalue weighted by atomic mass is 10.1. The van der Waals surface area contributed by atoms with Crippen LogP contribution in [0.5, 0.6) is 0 Å². The van der Waals surface area contributed by atoms with Gasteiger partial charge in [0.2, 0.25) is 0 Å². The van der Waals surface area contributed by atoms with Gasteiger partial charge >= 0.3 is 6.09 Å². The fourth-order valence-electron chi connectivity index (χ4n) is 0.627. The molecule has 0 heterocycles. The van der Waals surface area contributed by atoms with Crippen molar-refractivity contribution in [2.45, 2.75) is 39.0 Å². The van der Waals surface area contributed by atoms with Gasteiger partial charge in [-0.1, -0.05) is 0 Å². The van der Waals surface area contributed by atoms with Gasteiger partial charge in [0.05, 0.1) is 13.2 Å². The molecule has 0 unspecified atom stereocenters. The largest absolute Gasteiger partial charge is 0.444 e. The second-order valence-corrected chi connectivity index (χ2v) is 4.43. The number of rotatable bonds is 3. The first kappa shape index (κ1) is 13.2. The Labute approximate surface area is 83.4 Å². The van der Waals surface area contributed by atoms with E-state index in [0.29, 0.717) is 0 Å². The van der Waals surface area contributed by atoms with E-state index in [4.69, 9.17) is 9.84 Å². The van der Waals surface area contributed by atoms with Gasteiger partial charge in [-0.2, -0.15) is 0 Å². The molecule has 0 bridgehead atoms. The quantitative estimate of drug-likeness (QED) is 0.731. The molecule has 4 nitrogen and oxygen atoms in total. The van der Waals surface area contributed by atoms with E-state index in [1.54, 1.807) is 20.8 Å². The van der Waals surface area contributed by atoms with E-state index >= 15 is 0 Å². The lowest BCUT2D eigenvalue weighted by Gasteiger charge is -2.22. The zero-order valence-corrected chi connectivity index (χ0v) is 9.06. The highest BCUT2D eigenvalue weighted by atomic mass is 19.1. The second kappa shape index (κ2) is 4.59. The van der Waals surface area contributed by atoms with Gasteiger partial charge in [0.15, 0.2) is 0 Å². The first-order valence-electron chi connectivity index (χ1n) is 4.43. The number of alkyl halides is 1. The number of carbonyl (C=O) groups excluding carboxylic acids is 1. The third-order valence-electron chi connectivity index (χ3n) is 1.33. The van der Waals surface area contributed by atoms with Gasteiger partial charge < -0.3 is 15.2 Å². The van der Waals surface area contributed by atoms with Crippen molar-refractivity contribution in [3.63, 3.8) is 0 Å². The number of aliphatic hydroxyl groups excluding tert-OH is 1. The lowest BCUT2D eigenvalue weighted by molar-refractivity contribution is 0.0426. The summed E-state index contributed by atoms with van der Waals surface area (Å²) in [6.07, 6.45) is -0.685. The number of halogens is 1. The molecule has 0 spiro atoms. The molecule has 0 aromatic heterocycles. The van der Waals surface area contributed by atoms with Crippen LogP contribution in [-0.2, 0) is 4.74 Å². The molecular formula is C9H18FNO3. The van der Waals surface area contributed by atoms with Gasteiger partial charge in [-0.3, -0.25) is 0 Å². The van der Waals surface area contributed by atoms with E-state index in [1.807, 2.05) is 0 Å². The van der Waals surface area contributed by atoms with Crippen LogP contribution < -0.4 is 5.32 Å². The Morgan fingerprint density at radius 2 is 1.93 bits per heavy atom. The predicted molar refractivity (Wildman–Crippen MR) is 50.8 cm³/mol. The molecule has 0 fully saturated rings. The monoisotopic (exact) mass is 207 g/mol. The number of hydrogen-bond acceptors (Lipinski definition) is 3. The fourth-order valence-corrected chi connectivity index (χ4v) is 0.627. The molecule has 2 N–H and O–H groups in total. The molecule has 0 aromatic carbocycles. The molecule has 0 radical (unpaired) electrons. The van der Waals surface area contributed by atoms with Crippen LogP contribution >= 0.6 is 0 Å². The van der Waals surface area contributed by atoms with E-state index in [9.17, 15) is 9.18 Å². The standard InChI is InChI=1S/C9H18FNO3/c1-8(2,3)14-7(13)11-5-9(4,10)6-12/h12H,5-6H2,1-4H3,(H,11,13)/t9-/m0/s1. The van der Waals surface area contributed by atoms with E-state index in [1.165, 1.54) is 6.92 Å². The average molecular weight is 207 g/mol. The third-order valence-corrected chi connectivity index (χ3v) is 1.33. The van der Waals surface area contributed by atoms with E-state index in [2.05, 4.69) is 5.32 Å². The van der Waals surface area contributed by atoms with Gasteiger partial charge in [-0.15, -0.1) is 0 Å². The molecule has 1 atom stereocenters. The number of hydrogen-bond donors (Lipinski definition) is 2. The normalized spacial score (nSPS) is 15.9. The highest BCUT2D eigenvalue weighted by Crippen LogP contribution is 2.09. The Kier molecular flexibility index (Phi) is 4.32. The van der Waals surface area contributed by atoms with Crippen LogP contribution in [0.4, 0.5) is 9.18 Å². The Morgan fingerprint density at radius 1 is 1.43 bits per heavy atom. The molecular weight excluding hydrogens is 189 g/mol. The Morgan fingerprint density at radius 3 is 2.29 bits per heavy atom. The fraction of sp³-hybridized carbons (Fsp3) is 0.889. The van der Waals surface area contributed by atoms with Gasteiger partial charge in [0.1, 0.15) is 11.3 Å². The van der Waals surface area contributed by atoms with Crippen LogP contribution in [-0.4, -0.2) is 35.6 Å². The number of aliphatic hydroxyl groups is 1. The summed E-state index contributed by atoms with van der Waals surface area (Å²) in [7, 11) is 0. The number of ether oxygens (including phenoxy) is 1. The van der Waals surface area contributed by atoms with Gasteiger partial charge in [0.25, 0.3) is 0 Å². The maximum absolute atomic E-state index is 13.1. The number of carbonyl (C=O) groups is 1. The highest BCUT2D eigenvalue weighted by Gasteiger charge is 2.24. The summed E-state index contributed by atoms with van der Waals surface area (Å²) in [5.41, 5.74) is -2.41. The lowest BCUT2D eigenvalue weighted by Crippen LogP contribution is -2.42. The first-order chi connectivity index (χ1) is 6.16. The molecule has 14 heavy (non-hydrogen) atoms.